The van der Waals surface area contributed by atoms with E-state index in [1.807, 2.05) is 68.4 Å². The second-order valence-corrected chi connectivity index (χ2v) is 12.9. The highest BCUT2D eigenvalue weighted by molar-refractivity contribution is 7.92. The Morgan fingerprint density at radius 3 is 2.00 bits per heavy atom. The fourth-order valence-corrected chi connectivity index (χ4v) is 6.52. The summed E-state index contributed by atoms with van der Waals surface area (Å²) in [6, 6.07) is 26.9. The number of carbonyl (C=O) groups excluding carboxylic acids is 2. The molecule has 0 saturated heterocycles. The van der Waals surface area contributed by atoms with Crippen LogP contribution in [0, 0.1) is 13.8 Å². The van der Waals surface area contributed by atoms with Crippen LogP contribution in [0.5, 0.6) is 0 Å². The largest absolute Gasteiger partial charge is 0.357 e. The van der Waals surface area contributed by atoms with E-state index >= 15 is 0 Å². The predicted octanol–water partition coefficient (Wildman–Crippen LogP) is 6.19. The van der Waals surface area contributed by atoms with E-state index in [0.29, 0.717) is 0 Å². The third-order valence-corrected chi connectivity index (χ3v) is 9.66. The Balaban J connectivity index is 1.81. The Morgan fingerprint density at radius 1 is 0.791 bits per heavy atom. The molecule has 224 valence electrons. The molecule has 0 saturated carbocycles. The molecular weight excluding hydrogens is 605 g/mol. The highest BCUT2D eigenvalue weighted by Gasteiger charge is 2.35. The third kappa shape index (κ3) is 7.76. The van der Waals surface area contributed by atoms with Gasteiger partial charge in [0, 0.05) is 20.0 Å². The Labute approximate surface area is 263 Å². The lowest BCUT2D eigenvalue weighted by Crippen LogP contribution is -2.53. The van der Waals surface area contributed by atoms with Crippen molar-refractivity contribution in [2.24, 2.45) is 0 Å². The molecule has 1 unspecified atom stereocenters. The zero-order valence-corrected chi connectivity index (χ0v) is 26.5. The summed E-state index contributed by atoms with van der Waals surface area (Å²) in [5.41, 5.74) is 3.60. The van der Waals surface area contributed by atoms with Crippen LogP contribution in [-0.4, -0.2) is 44.8 Å². The van der Waals surface area contributed by atoms with E-state index in [-0.39, 0.29) is 39.5 Å². The Hall–Kier alpha value is -3.85. The number of halogens is 2. The van der Waals surface area contributed by atoms with Crippen molar-refractivity contribution in [1.29, 1.82) is 0 Å². The molecule has 0 fully saturated rings. The summed E-state index contributed by atoms with van der Waals surface area (Å²) in [7, 11) is -2.78. The van der Waals surface area contributed by atoms with Crippen molar-refractivity contribution < 1.29 is 18.0 Å². The fourth-order valence-electron chi connectivity index (χ4n) is 4.65. The summed E-state index contributed by atoms with van der Waals surface area (Å²) < 4.78 is 29.1. The van der Waals surface area contributed by atoms with Crippen LogP contribution in [0.3, 0.4) is 0 Å². The maximum atomic E-state index is 14.3. The number of amides is 2. The molecule has 0 spiro atoms. The molecule has 1 atom stereocenters. The van der Waals surface area contributed by atoms with Crippen LogP contribution in [0.2, 0.25) is 10.0 Å². The molecule has 0 heterocycles. The molecule has 4 aromatic rings. The maximum Gasteiger partial charge on any atom is 0.264 e. The molecule has 2 amide bonds. The highest BCUT2D eigenvalue weighted by atomic mass is 35.5. The van der Waals surface area contributed by atoms with Crippen molar-refractivity contribution in [1.82, 2.24) is 10.2 Å². The van der Waals surface area contributed by atoms with Gasteiger partial charge in [0.05, 0.1) is 20.6 Å². The van der Waals surface area contributed by atoms with Crippen LogP contribution in [0.1, 0.15) is 22.3 Å². The number of rotatable bonds is 11. The normalized spacial score (nSPS) is 11.9. The molecule has 0 radical (unpaired) electrons. The second-order valence-electron chi connectivity index (χ2n) is 10.2. The summed E-state index contributed by atoms with van der Waals surface area (Å²) in [4.78, 5) is 29.1. The van der Waals surface area contributed by atoms with E-state index in [0.717, 1.165) is 26.6 Å². The monoisotopic (exact) mass is 637 g/mol. The van der Waals surface area contributed by atoms with Crippen molar-refractivity contribution in [3.63, 3.8) is 0 Å². The number of benzene rings is 4. The maximum absolute atomic E-state index is 14.3. The molecule has 43 heavy (non-hydrogen) atoms. The molecule has 4 rings (SSSR count). The zero-order valence-electron chi connectivity index (χ0n) is 24.1. The second kappa shape index (κ2) is 14.1. The molecule has 1 N–H and O–H groups in total. The Morgan fingerprint density at radius 2 is 1.40 bits per heavy atom. The van der Waals surface area contributed by atoms with Gasteiger partial charge >= 0.3 is 0 Å². The van der Waals surface area contributed by atoms with E-state index in [9.17, 15) is 18.0 Å². The average molecular weight is 639 g/mol. The van der Waals surface area contributed by atoms with Crippen molar-refractivity contribution >= 4 is 50.7 Å². The minimum atomic E-state index is -4.29. The first-order chi connectivity index (χ1) is 20.5. The number of nitrogens with one attached hydrogen (secondary N) is 1. The number of hydrogen-bond acceptors (Lipinski definition) is 4. The minimum Gasteiger partial charge on any atom is -0.357 e. The van der Waals surface area contributed by atoms with Crippen LogP contribution in [0.25, 0.3) is 0 Å². The summed E-state index contributed by atoms with van der Waals surface area (Å²) in [5, 5.41) is 2.80. The van der Waals surface area contributed by atoms with Gasteiger partial charge in [-0.15, -0.1) is 0 Å². The summed E-state index contributed by atoms with van der Waals surface area (Å²) >= 11 is 12.8. The van der Waals surface area contributed by atoms with Crippen molar-refractivity contribution in [3.05, 3.63) is 129 Å². The highest BCUT2D eigenvalue weighted by Crippen LogP contribution is 2.35. The quantitative estimate of drug-likeness (QED) is 0.212. The molecule has 0 bridgehead atoms. The summed E-state index contributed by atoms with van der Waals surface area (Å²) in [6.07, 6.45) is 0.223. The average Bonchev–Trinajstić information content (AvgIpc) is 3.00. The predicted molar refractivity (Wildman–Crippen MR) is 172 cm³/mol. The van der Waals surface area contributed by atoms with Crippen LogP contribution >= 0.6 is 23.2 Å². The Bertz CT molecular complexity index is 1680. The van der Waals surface area contributed by atoms with Crippen LogP contribution < -0.4 is 9.62 Å². The lowest BCUT2D eigenvalue weighted by Gasteiger charge is -2.34. The van der Waals surface area contributed by atoms with Gasteiger partial charge in [0.2, 0.25) is 11.8 Å². The van der Waals surface area contributed by atoms with Gasteiger partial charge in [-0.2, -0.15) is 0 Å². The number of sulfonamides is 1. The van der Waals surface area contributed by atoms with Gasteiger partial charge in [0.25, 0.3) is 10.0 Å². The Kier molecular flexibility index (Phi) is 10.5. The SMILES string of the molecule is CNC(=O)C(Cc1ccccc1)N(Cc1ccc(C)cc1)C(=O)CN(c1cccc(Cl)c1Cl)S(=O)(=O)c1ccc(C)cc1. The van der Waals surface area contributed by atoms with E-state index < -0.39 is 28.5 Å². The molecule has 10 heteroatoms. The molecule has 0 aliphatic carbocycles. The molecule has 0 aliphatic heterocycles. The smallest absolute Gasteiger partial charge is 0.264 e. The van der Waals surface area contributed by atoms with Gasteiger partial charge in [-0.1, -0.05) is 107 Å². The topological polar surface area (TPSA) is 86.8 Å². The van der Waals surface area contributed by atoms with E-state index in [1.54, 1.807) is 18.2 Å². The van der Waals surface area contributed by atoms with Crippen LogP contribution in [0.15, 0.2) is 102 Å². The summed E-state index contributed by atoms with van der Waals surface area (Å²) in [5.74, 6) is -0.963. The lowest BCUT2D eigenvalue weighted by atomic mass is 10.0. The van der Waals surface area contributed by atoms with Crippen molar-refractivity contribution in [3.8, 4) is 0 Å². The lowest BCUT2D eigenvalue weighted by molar-refractivity contribution is -0.139. The molecule has 4 aromatic carbocycles. The first-order valence-corrected chi connectivity index (χ1v) is 15.8. The molecule has 0 aliphatic rings. The number of likely N-dealkylation sites (N-methyl/N-ethyl adjacent to an activating group) is 1. The first kappa shape index (κ1) is 32.1. The van der Waals surface area contributed by atoms with Gasteiger partial charge in [0.1, 0.15) is 12.6 Å². The van der Waals surface area contributed by atoms with E-state index in [1.165, 1.54) is 36.2 Å². The number of carbonyl (C=O) groups is 2. The molecule has 0 aromatic heterocycles. The number of aryl methyl sites for hydroxylation is 2. The first-order valence-electron chi connectivity index (χ1n) is 13.6. The third-order valence-electron chi connectivity index (χ3n) is 7.08. The van der Waals surface area contributed by atoms with Crippen LogP contribution in [0.4, 0.5) is 5.69 Å². The minimum absolute atomic E-state index is 0.00938. The van der Waals surface area contributed by atoms with Crippen molar-refractivity contribution in [2.75, 3.05) is 17.9 Å². The van der Waals surface area contributed by atoms with Gasteiger partial charge in [-0.25, -0.2) is 8.42 Å². The molecular formula is C33H33Cl2N3O4S. The standard InChI is InChI=1S/C33H33Cl2N3O4S/c1-23-12-16-26(17-13-23)21-37(30(33(40)36-3)20-25-8-5-4-6-9-25)31(39)22-38(29-11-7-10-28(34)32(29)35)43(41,42)27-18-14-24(2)15-19-27/h4-19,30H,20-22H2,1-3H3,(H,36,40). The van der Waals surface area contributed by atoms with E-state index in [2.05, 4.69) is 5.32 Å². The number of nitrogens with zero attached hydrogens (tertiary/aromatic N) is 2. The van der Waals surface area contributed by atoms with Gasteiger partial charge in [-0.05, 0) is 49.2 Å². The summed E-state index contributed by atoms with van der Waals surface area (Å²) in [6.45, 7) is 3.26. The molecule has 7 nitrogen and oxygen atoms in total. The van der Waals surface area contributed by atoms with E-state index in [4.69, 9.17) is 23.2 Å². The van der Waals surface area contributed by atoms with Crippen molar-refractivity contribution in [2.45, 2.75) is 37.8 Å². The van der Waals surface area contributed by atoms with Gasteiger partial charge in [0.15, 0.2) is 0 Å². The number of anilines is 1. The fraction of sp³-hybridized carbons (Fsp3) is 0.212. The van der Waals surface area contributed by atoms with Gasteiger partial charge < -0.3 is 10.2 Å². The van der Waals surface area contributed by atoms with Gasteiger partial charge in [-0.3, -0.25) is 13.9 Å². The zero-order chi connectivity index (χ0) is 31.1. The van der Waals surface area contributed by atoms with Crippen LogP contribution in [-0.2, 0) is 32.6 Å². The number of hydrogen-bond donors (Lipinski definition) is 1.